The van der Waals surface area contributed by atoms with Crippen LogP contribution in [-0.4, -0.2) is 21.9 Å². The van der Waals surface area contributed by atoms with Crippen LogP contribution < -0.4 is 10.6 Å². The molecule has 2 heterocycles. The molecule has 0 saturated heterocycles. The fourth-order valence-corrected chi connectivity index (χ4v) is 2.79. The Morgan fingerprint density at radius 3 is 2.96 bits per heavy atom. The molecule has 1 atom stereocenters. The van der Waals surface area contributed by atoms with E-state index < -0.39 is 0 Å². The lowest BCUT2D eigenvalue weighted by Gasteiger charge is -2.24. The van der Waals surface area contributed by atoms with Gasteiger partial charge in [0, 0.05) is 23.7 Å². The molecule has 124 valence electrons. The third kappa shape index (κ3) is 3.53. The molecule has 3 rings (SSSR count). The first kappa shape index (κ1) is 16.0. The summed E-state index contributed by atoms with van der Waals surface area (Å²) in [5.41, 5.74) is 2.63. The molecule has 2 aromatic rings. The van der Waals surface area contributed by atoms with Crippen LogP contribution in [0.15, 0.2) is 36.4 Å². The summed E-state index contributed by atoms with van der Waals surface area (Å²) in [6.07, 6.45) is 1.26. The number of aromatic hydroxyl groups is 1. The summed E-state index contributed by atoms with van der Waals surface area (Å²) in [4.78, 5) is 28.3. The van der Waals surface area contributed by atoms with Crippen molar-refractivity contribution in [1.82, 2.24) is 4.98 Å². The van der Waals surface area contributed by atoms with Crippen LogP contribution in [0.25, 0.3) is 0 Å². The van der Waals surface area contributed by atoms with Gasteiger partial charge in [0.25, 0.3) is 0 Å². The SMILES string of the molecule is Cc1ccc(O)c(NC(=O)CCC2Cc3ccccc3NC2=O)n1. The summed E-state index contributed by atoms with van der Waals surface area (Å²) >= 11 is 0. The third-order valence-electron chi connectivity index (χ3n) is 4.10. The number of nitrogens with zero attached hydrogens (tertiary/aromatic N) is 1. The first-order chi connectivity index (χ1) is 11.5. The number of para-hydroxylation sites is 1. The Hall–Kier alpha value is -2.89. The number of carbonyl (C=O) groups is 2. The molecule has 0 saturated carbocycles. The lowest BCUT2D eigenvalue weighted by molar-refractivity contribution is -0.121. The van der Waals surface area contributed by atoms with Crippen LogP contribution in [0.1, 0.15) is 24.1 Å². The molecule has 1 aromatic carbocycles. The molecule has 0 fully saturated rings. The quantitative estimate of drug-likeness (QED) is 0.806. The van der Waals surface area contributed by atoms with Crippen molar-refractivity contribution >= 4 is 23.3 Å². The summed E-state index contributed by atoms with van der Waals surface area (Å²) in [6.45, 7) is 1.78. The lowest BCUT2D eigenvalue weighted by atomic mass is 9.89. The number of hydrogen-bond acceptors (Lipinski definition) is 4. The smallest absolute Gasteiger partial charge is 0.227 e. The van der Waals surface area contributed by atoms with Gasteiger partial charge in [-0.1, -0.05) is 18.2 Å². The predicted molar refractivity (Wildman–Crippen MR) is 90.8 cm³/mol. The number of benzene rings is 1. The zero-order valence-electron chi connectivity index (χ0n) is 13.4. The number of pyridine rings is 1. The van der Waals surface area contributed by atoms with Gasteiger partial charge in [0.05, 0.1) is 0 Å². The minimum Gasteiger partial charge on any atom is -0.504 e. The molecule has 2 amide bonds. The first-order valence-electron chi connectivity index (χ1n) is 7.88. The summed E-state index contributed by atoms with van der Waals surface area (Å²) in [5.74, 6) is -0.477. The maximum atomic E-state index is 12.1. The molecule has 0 aliphatic carbocycles. The van der Waals surface area contributed by atoms with Gasteiger partial charge in [-0.15, -0.1) is 0 Å². The Morgan fingerprint density at radius 1 is 1.33 bits per heavy atom. The standard InChI is InChI=1S/C18H19N3O3/c1-11-6-8-15(22)17(19-11)21-16(23)9-7-13-10-12-4-2-3-5-14(12)20-18(13)24/h2-6,8,13,22H,7,9-10H2,1H3,(H,20,24)(H,19,21,23). The van der Waals surface area contributed by atoms with Gasteiger partial charge in [-0.25, -0.2) is 4.98 Å². The Morgan fingerprint density at radius 2 is 2.12 bits per heavy atom. The molecule has 1 aliphatic rings. The van der Waals surface area contributed by atoms with E-state index in [2.05, 4.69) is 15.6 Å². The first-order valence-corrected chi connectivity index (χ1v) is 7.88. The second kappa shape index (κ2) is 6.70. The van der Waals surface area contributed by atoms with Crippen molar-refractivity contribution in [3.05, 3.63) is 47.7 Å². The van der Waals surface area contributed by atoms with Crippen molar-refractivity contribution in [3.63, 3.8) is 0 Å². The molecule has 1 aromatic heterocycles. The van der Waals surface area contributed by atoms with Crippen molar-refractivity contribution in [2.45, 2.75) is 26.2 Å². The number of aromatic nitrogens is 1. The molecule has 6 heteroatoms. The normalized spacial score (nSPS) is 16.2. The molecule has 1 aliphatic heterocycles. The molecule has 0 bridgehead atoms. The van der Waals surface area contributed by atoms with E-state index in [1.54, 1.807) is 13.0 Å². The van der Waals surface area contributed by atoms with Crippen molar-refractivity contribution in [2.24, 2.45) is 5.92 Å². The van der Waals surface area contributed by atoms with Crippen LogP contribution in [0.3, 0.4) is 0 Å². The van der Waals surface area contributed by atoms with Crippen LogP contribution >= 0.6 is 0 Å². The summed E-state index contributed by atoms with van der Waals surface area (Å²) in [7, 11) is 0. The van der Waals surface area contributed by atoms with Crippen molar-refractivity contribution < 1.29 is 14.7 Å². The van der Waals surface area contributed by atoms with Crippen LogP contribution in [0.4, 0.5) is 11.5 Å². The molecule has 0 radical (unpaired) electrons. The Labute approximate surface area is 139 Å². The highest BCUT2D eigenvalue weighted by Crippen LogP contribution is 2.28. The topological polar surface area (TPSA) is 91.3 Å². The van der Waals surface area contributed by atoms with Gasteiger partial charge >= 0.3 is 0 Å². The number of fused-ring (bicyclic) bond motifs is 1. The summed E-state index contributed by atoms with van der Waals surface area (Å²) in [6, 6.07) is 10.8. The molecule has 24 heavy (non-hydrogen) atoms. The summed E-state index contributed by atoms with van der Waals surface area (Å²) in [5, 5.41) is 15.2. The Bertz CT molecular complexity index is 789. The molecular weight excluding hydrogens is 306 g/mol. The van der Waals surface area contributed by atoms with Gasteiger partial charge in [-0.2, -0.15) is 0 Å². The van der Waals surface area contributed by atoms with E-state index >= 15 is 0 Å². The highest BCUT2D eigenvalue weighted by atomic mass is 16.3. The zero-order valence-corrected chi connectivity index (χ0v) is 13.4. The minimum atomic E-state index is -0.268. The van der Waals surface area contributed by atoms with Gasteiger partial charge in [-0.3, -0.25) is 9.59 Å². The van der Waals surface area contributed by atoms with E-state index in [1.165, 1.54) is 6.07 Å². The monoisotopic (exact) mass is 325 g/mol. The van der Waals surface area contributed by atoms with Crippen molar-refractivity contribution in [1.29, 1.82) is 0 Å². The number of nitrogens with one attached hydrogen (secondary N) is 2. The fourth-order valence-electron chi connectivity index (χ4n) is 2.79. The van der Waals surface area contributed by atoms with Crippen molar-refractivity contribution in [3.8, 4) is 5.75 Å². The van der Waals surface area contributed by atoms with Crippen molar-refractivity contribution in [2.75, 3.05) is 10.6 Å². The van der Waals surface area contributed by atoms with Crippen LogP contribution in [0.5, 0.6) is 5.75 Å². The molecule has 0 spiro atoms. The minimum absolute atomic E-state index is 0.0574. The largest absolute Gasteiger partial charge is 0.504 e. The predicted octanol–water partition coefficient (Wildman–Crippen LogP) is 2.63. The zero-order chi connectivity index (χ0) is 17.1. The average Bonchev–Trinajstić information content (AvgIpc) is 2.56. The fraction of sp³-hybridized carbons (Fsp3) is 0.278. The maximum Gasteiger partial charge on any atom is 0.227 e. The van der Waals surface area contributed by atoms with Gasteiger partial charge in [0.2, 0.25) is 11.8 Å². The van der Waals surface area contributed by atoms with Crippen LogP contribution in [0, 0.1) is 12.8 Å². The molecular formula is C18H19N3O3. The number of carbonyl (C=O) groups excluding carboxylic acids is 2. The van der Waals surface area contributed by atoms with Gasteiger partial charge in [-0.05, 0) is 43.5 Å². The maximum absolute atomic E-state index is 12.1. The number of aryl methyl sites for hydroxylation is 1. The average molecular weight is 325 g/mol. The van der Waals surface area contributed by atoms with Gasteiger partial charge in [0.15, 0.2) is 11.6 Å². The lowest BCUT2D eigenvalue weighted by Crippen LogP contribution is -2.30. The molecule has 3 N–H and O–H groups in total. The number of rotatable bonds is 4. The van der Waals surface area contributed by atoms with Gasteiger partial charge < -0.3 is 15.7 Å². The molecule has 6 nitrogen and oxygen atoms in total. The van der Waals surface area contributed by atoms with E-state index in [1.807, 2.05) is 24.3 Å². The number of amides is 2. The third-order valence-corrected chi connectivity index (χ3v) is 4.10. The van der Waals surface area contributed by atoms with Crippen LogP contribution in [-0.2, 0) is 16.0 Å². The van der Waals surface area contributed by atoms with Gasteiger partial charge in [0.1, 0.15) is 0 Å². The highest BCUT2D eigenvalue weighted by molar-refractivity contribution is 5.96. The van der Waals surface area contributed by atoms with E-state index in [4.69, 9.17) is 0 Å². The Balaban J connectivity index is 1.59. The number of hydrogen-bond donors (Lipinski definition) is 3. The Kier molecular flexibility index (Phi) is 4.46. The van der Waals surface area contributed by atoms with E-state index in [0.717, 1.165) is 11.3 Å². The molecule has 1 unspecified atom stereocenters. The summed E-state index contributed by atoms with van der Waals surface area (Å²) < 4.78 is 0. The number of anilines is 2. The second-order valence-corrected chi connectivity index (χ2v) is 5.95. The second-order valence-electron chi connectivity index (χ2n) is 5.95. The highest BCUT2D eigenvalue weighted by Gasteiger charge is 2.26. The van der Waals surface area contributed by atoms with Crippen LogP contribution in [0.2, 0.25) is 0 Å². The van der Waals surface area contributed by atoms with E-state index in [0.29, 0.717) is 18.5 Å². The van der Waals surface area contributed by atoms with E-state index in [9.17, 15) is 14.7 Å². The van der Waals surface area contributed by atoms with E-state index in [-0.39, 0.29) is 35.7 Å².